The van der Waals surface area contributed by atoms with E-state index in [2.05, 4.69) is 28.7 Å². The molecule has 1 amide bonds. The highest BCUT2D eigenvalue weighted by Gasteiger charge is 2.05. The number of carbonyl (C=O) groups is 1. The Bertz CT molecular complexity index is 900. The van der Waals surface area contributed by atoms with Gasteiger partial charge in [-0.05, 0) is 47.5 Å². The third kappa shape index (κ3) is 3.37. The number of rotatable bonds is 3. The second-order valence-electron chi connectivity index (χ2n) is 5.33. The van der Waals surface area contributed by atoms with Crippen LogP contribution in [0.2, 0.25) is 0 Å². The molecule has 0 aliphatic heterocycles. The average Bonchev–Trinajstić information content (AvgIpc) is 2.59. The molecule has 0 spiro atoms. The van der Waals surface area contributed by atoms with Crippen molar-refractivity contribution in [3.05, 3.63) is 77.9 Å². The molecule has 114 valence electrons. The summed E-state index contributed by atoms with van der Waals surface area (Å²) in [5, 5.41) is 6.50. The Hall–Kier alpha value is -3.14. The minimum atomic E-state index is -0.280. The number of nitrogens with one attached hydrogen (secondary N) is 1. The Balaban J connectivity index is 1.79. The SMILES string of the molecule is C/C(=N\NC(=O)c1cccc(N)c1)c1ccc2ccccc2c1. The Morgan fingerprint density at radius 1 is 0.913 bits per heavy atom. The molecule has 0 saturated carbocycles. The highest BCUT2D eigenvalue weighted by molar-refractivity contribution is 6.03. The maximum absolute atomic E-state index is 12.1. The maximum Gasteiger partial charge on any atom is 0.271 e. The molecular formula is C19H17N3O. The second-order valence-corrected chi connectivity index (χ2v) is 5.33. The van der Waals surface area contributed by atoms with E-state index in [1.165, 1.54) is 5.39 Å². The first-order valence-corrected chi connectivity index (χ1v) is 7.33. The molecular weight excluding hydrogens is 286 g/mol. The minimum Gasteiger partial charge on any atom is -0.399 e. The zero-order chi connectivity index (χ0) is 16.2. The fraction of sp³-hybridized carbons (Fsp3) is 0.0526. The summed E-state index contributed by atoms with van der Waals surface area (Å²) in [7, 11) is 0. The number of hydrogen-bond acceptors (Lipinski definition) is 3. The van der Waals surface area contributed by atoms with Crippen LogP contribution in [0.3, 0.4) is 0 Å². The lowest BCUT2D eigenvalue weighted by Gasteiger charge is -2.05. The van der Waals surface area contributed by atoms with Crippen molar-refractivity contribution >= 4 is 28.1 Å². The summed E-state index contributed by atoms with van der Waals surface area (Å²) in [5.74, 6) is -0.280. The predicted octanol–water partition coefficient (Wildman–Crippen LogP) is 3.58. The lowest BCUT2D eigenvalue weighted by atomic mass is 10.0. The van der Waals surface area contributed by atoms with Gasteiger partial charge in [-0.1, -0.05) is 42.5 Å². The van der Waals surface area contributed by atoms with Crippen LogP contribution in [0, 0.1) is 0 Å². The van der Waals surface area contributed by atoms with Crippen LogP contribution in [-0.4, -0.2) is 11.6 Å². The van der Waals surface area contributed by atoms with Crippen molar-refractivity contribution < 1.29 is 4.79 Å². The molecule has 23 heavy (non-hydrogen) atoms. The minimum absolute atomic E-state index is 0.280. The van der Waals surface area contributed by atoms with Crippen molar-refractivity contribution in [3.8, 4) is 0 Å². The van der Waals surface area contributed by atoms with Crippen molar-refractivity contribution in [2.24, 2.45) is 5.10 Å². The van der Waals surface area contributed by atoms with Gasteiger partial charge in [-0.3, -0.25) is 4.79 Å². The summed E-state index contributed by atoms with van der Waals surface area (Å²) in [6.45, 7) is 1.86. The third-order valence-corrected chi connectivity index (χ3v) is 3.64. The van der Waals surface area contributed by atoms with Gasteiger partial charge in [-0.2, -0.15) is 5.10 Å². The van der Waals surface area contributed by atoms with Gasteiger partial charge in [0, 0.05) is 11.3 Å². The number of nitrogens with zero attached hydrogens (tertiary/aromatic N) is 1. The van der Waals surface area contributed by atoms with Gasteiger partial charge in [0.1, 0.15) is 0 Å². The van der Waals surface area contributed by atoms with Crippen molar-refractivity contribution in [1.29, 1.82) is 0 Å². The first kappa shape index (κ1) is 14.8. The van der Waals surface area contributed by atoms with Crippen LogP contribution in [0.5, 0.6) is 0 Å². The van der Waals surface area contributed by atoms with E-state index in [1.807, 2.05) is 31.2 Å². The molecule has 0 bridgehead atoms. The van der Waals surface area contributed by atoms with Gasteiger partial charge < -0.3 is 5.73 Å². The Labute approximate surface area is 134 Å². The van der Waals surface area contributed by atoms with Gasteiger partial charge >= 0.3 is 0 Å². The molecule has 0 fully saturated rings. The van der Waals surface area contributed by atoms with Gasteiger partial charge in [0.15, 0.2) is 0 Å². The van der Waals surface area contributed by atoms with E-state index in [0.29, 0.717) is 11.3 Å². The fourth-order valence-electron chi connectivity index (χ4n) is 2.36. The number of benzene rings is 3. The van der Waals surface area contributed by atoms with Crippen LogP contribution in [0.15, 0.2) is 71.8 Å². The van der Waals surface area contributed by atoms with Crippen molar-refractivity contribution in [2.75, 3.05) is 5.73 Å². The first-order chi connectivity index (χ1) is 11.1. The highest BCUT2D eigenvalue weighted by Crippen LogP contribution is 2.16. The maximum atomic E-state index is 12.1. The summed E-state index contributed by atoms with van der Waals surface area (Å²) < 4.78 is 0. The lowest BCUT2D eigenvalue weighted by molar-refractivity contribution is 0.0955. The van der Waals surface area contributed by atoms with Crippen LogP contribution in [0.25, 0.3) is 10.8 Å². The van der Waals surface area contributed by atoms with Gasteiger partial charge in [0.25, 0.3) is 5.91 Å². The normalized spacial score (nSPS) is 11.4. The number of carbonyl (C=O) groups excluding carboxylic acids is 1. The quantitative estimate of drug-likeness (QED) is 0.441. The number of nitrogens with two attached hydrogens (primary N) is 1. The van der Waals surface area contributed by atoms with Gasteiger partial charge in [-0.15, -0.1) is 0 Å². The molecule has 3 N–H and O–H groups in total. The molecule has 0 saturated heterocycles. The molecule has 3 aromatic carbocycles. The summed E-state index contributed by atoms with van der Waals surface area (Å²) in [4.78, 5) is 12.1. The first-order valence-electron chi connectivity index (χ1n) is 7.33. The molecule has 0 atom stereocenters. The van der Waals surface area contributed by atoms with E-state index >= 15 is 0 Å². The van der Waals surface area contributed by atoms with Crippen LogP contribution >= 0.6 is 0 Å². The van der Waals surface area contributed by atoms with Crippen molar-refractivity contribution in [1.82, 2.24) is 5.43 Å². The zero-order valence-electron chi connectivity index (χ0n) is 12.8. The van der Waals surface area contributed by atoms with Gasteiger partial charge in [0.05, 0.1) is 5.71 Å². The Morgan fingerprint density at radius 3 is 2.48 bits per heavy atom. The van der Waals surface area contributed by atoms with E-state index < -0.39 is 0 Å². The van der Waals surface area contributed by atoms with Crippen LogP contribution in [0.1, 0.15) is 22.8 Å². The highest BCUT2D eigenvalue weighted by atomic mass is 16.2. The molecule has 0 unspecified atom stereocenters. The molecule has 0 aliphatic carbocycles. The molecule has 0 radical (unpaired) electrons. The van der Waals surface area contributed by atoms with E-state index in [1.54, 1.807) is 24.3 Å². The summed E-state index contributed by atoms with van der Waals surface area (Å²) in [5.41, 5.74) is 11.0. The van der Waals surface area contributed by atoms with Crippen LogP contribution in [0.4, 0.5) is 5.69 Å². The number of nitrogen functional groups attached to an aromatic ring is 1. The van der Waals surface area contributed by atoms with Crippen LogP contribution < -0.4 is 11.2 Å². The molecule has 0 aromatic heterocycles. The lowest BCUT2D eigenvalue weighted by Crippen LogP contribution is -2.19. The molecule has 3 aromatic rings. The summed E-state index contributed by atoms with van der Waals surface area (Å²) >= 11 is 0. The molecule has 4 nitrogen and oxygen atoms in total. The largest absolute Gasteiger partial charge is 0.399 e. The number of hydrazone groups is 1. The predicted molar refractivity (Wildman–Crippen MR) is 94.5 cm³/mol. The standard InChI is InChI=1S/C19H17N3O/c1-13(15-10-9-14-5-2-3-6-16(14)11-15)21-22-19(23)17-7-4-8-18(20)12-17/h2-12H,20H2,1H3,(H,22,23)/b21-13+. The van der Waals surface area contributed by atoms with Gasteiger partial charge in [-0.25, -0.2) is 5.43 Å². The Morgan fingerprint density at radius 2 is 1.70 bits per heavy atom. The van der Waals surface area contributed by atoms with E-state index in [4.69, 9.17) is 5.73 Å². The Kier molecular flexibility index (Phi) is 4.06. The number of fused-ring (bicyclic) bond motifs is 1. The van der Waals surface area contributed by atoms with Crippen molar-refractivity contribution in [2.45, 2.75) is 6.92 Å². The van der Waals surface area contributed by atoms with E-state index in [0.717, 1.165) is 16.7 Å². The summed E-state index contributed by atoms with van der Waals surface area (Å²) in [6, 6.07) is 21.0. The topological polar surface area (TPSA) is 67.5 Å². The average molecular weight is 303 g/mol. The second kappa shape index (κ2) is 6.32. The van der Waals surface area contributed by atoms with Gasteiger partial charge in [0.2, 0.25) is 0 Å². The third-order valence-electron chi connectivity index (χ3n) is 3.64. The zero-order valence-corrected chi connectivity index (χ0v) is 12.8. The number of amides is 1. The molecule has 0 aliphatic rings. The fourth-order valence-corrected chi connectivity index (χ4v) is 2.36. The monoisotopic (exact) mass is 303 g/mol. The molecule has 0 heterocycles. The van der Waals surface area contributed by atoms with E-state index in [-0.39, 0.29) is 5.91 Å². The number of hydrogen-bond donors (Lipinski definition) is 2. The summed E-state index contributed by atoms with van der Waals surface area (Å²) in [6.07, 6.45) is 0. The van der Waals surface area contributed by atoms with Crippen molar-refractivity contribution in [3.63, 3.8) is 0 Å². The smallest absolute Gasteiger partial charge is 0.271 e. The van der Waals surface area contributed by atoms with Crippen LogP contribution in [-0.2, 0) is 0 Å². The van der Waals surface area contributed by atoms with E-state index in [9.17, 15) is 4.79 Å². The number of anilines is 1. The molecule has 3 rings (SSSR count). The molecule has 4 heteroatoms.